The molecular weight excluding hydrogens is 219 g/mol. The molecule has 0 aliphatic carbocycles. The molecule has 1 amide bonds. The van der Waals surface area contributed by atoms with Crippen LogP contribution in [0, 0.1) is 5.82 Å². The minimum Gasteiger partial charge on any atom is -0.355 e. The van der Waals surface area contributed by atoms with Crippen molar-refractivity contribution in [3.63, 3.8) is 0 Å². The average Bonchev–Trinajstić information content (AvgIpc) is 2.33. The van der Waals surface area contributed by atoms with Crippen molar-refractivity contribution in [2.45, 2.75) is 32.9 Å². The van der Waals surface area contributed by atoms with Crippen LogP contribution in [0.5, 0.6) is 0 Å². The summed E-state index contributed by atoms with van der Waals surface area (Å²) in [4.78, 5) is 11.5. The first-order chi connectivity index (χ1) is 8.13. The lowest BCUT2D eigenvalue weighted by Crippen LogP contribution is -2.42. The third-order valence-corrected chi connectivity index (χ3v) is 2.44. The van der Waals surface area contributed by atoms with Crippen LogP contribution in [0.15, 0.2) is 24.3 Å². The van der Waals surface area contributed by atoms with E-state index in [9.17, 15) is 9.18 Å². The number of halogens is 1. The largest absolute Gasteiger partial charge is 0.355 e. The molecule has 0 radical (unpaired) electrons. The number of carbonyl (C=O) groups excluding carboxylic acids is 1. The van der Waals surface area contributed by atoms with Gasteiger partial charge in [0.2, 0.25) is 5.91 Å². The highest BCUT2D eigenvalue weighted by molar-refractivity contribution is 5.81. The molecule has 0 spiro atoms. The Kier molecular flexibility index (Phi) is 5.63. The van der Waals surface area contributed by atoms with E-state index in [1.54, 1.807) is 13.0 Å². The third kappa shape index (κ3) is 4.95. The molecule has 94 valence electrons. The monoisotopic (exact) mass is 238 g/mol. The van der Waals surface area contributed by atoms with Crippen LogP contribution < -0.4 is 10.6 Å². The van der Waals surface area contributed by atoms with Gasteiger partial charge in [-0.1, -0.05) is 19.1 Å². The molecule has 0 heterocycles. The molecule has 0 aromatic heterocycles. The third-order valence-electron chi connectivity index (χ3n) is 2.44. The van der Waals surface area contributed by atoms with Crippen molar-refractivity contribution in [3.05, 3.63) is 35.6 Å². The predicted octanol–water partition coefficient (Wildman–Crippen LogP) is 1.83. The highest BCUT2D eigenvalue weighted by Gasteiger charge is 2.10. The molecule has 0 saturated carbocycles. The van der Waals surface area contributed by atoms with E-state index in [-0.39, 0.29) is 17.8 Å². The summed E-state index contributed by atoms with van der Waals surface area (Å²) in [5.74, 6) is -0.282. The molecule has 0 aliphatic rings. The van der Waals surface area contributed by atoms with E-state index in [4.69, 9.17) is 0 Å². The number of hydrogen-bond donors (Lipinski definition) is 2. The van der Waals surface area contributed by atoms with E-state index in [0.29, 0.717) is 13.1 Å². The Morgan fingerprint density at radius 2 is 2.24 bits per heavy atom. The van der Waals surface area contributed by atoms with E-state index in [2.05, 4.69) is 10.6 Å². The van der Waals surface area contributed by atoms with Crippen molar-refractivity contribution >= 4 is 5.91 Å². The molecule has 1 rings (SSSR count). The summed E-state index contributed by atoms with van der Waals surface area (Å²) in [5, 5.41) is 5.86. The molecular formula is C13H19FN2O. The standard InChI is InChI=1S/C13H19FN2O/c1-3-7-15-13(17)10(2)16-9-11-5-4-6-12(14)8-11/h4-6,8,10,16H,3,7,9H2,1-2H3,(H,15,17). The second-order valence-corrected chi connectivity index (χ2v) is 4.02. The lowest BCUT2D eigenvalue weighted by atomic mass is 10.2. The number of carbonyl (C=O) groups is 1. The summed E-state index contributed by atoms with van der Waals surface area (Å²) >= 11 is 0. The molecule has 0 fully saturated rings. The van der Waals surface area contributed by atoms with Gasteiger partial charge in [0, 0.05) is 13.1 Å². The van der Waals surface area contributed by atoms with Crippen molar-refractivity contribution in [1.82, 2.24) is 10.6 Å². The molecule has 0 aliphatic heterocycles. The smallest absolute Gasteiger partial charge is 0.236 e. The minimum absolute atomic E-state index is 0.0248. The second kappa shape index (κ2) is 7.01. The molecule has 0 saturated heterocycles. The van der Waals surface area contributed by atoms with Crippen LogP contribution >= 0.6 is 0 Å². The zero-order chi connectivity index (χ0) is 12.7. The molecule has 3 nitrogen and oxygen atoms in total. The Hall–Kier alpha value is -1.42. The summed E-state index contributed by atoms with van der Waals surface area (Å²) in [6.07, 6.45) is 0.919. The van der Waals surface area contributed by atoms with Crippen molar-refractivity contribution < 1.29 is 9.18 Å². The minimum atomic E-state index is -0.273. The summed E-state index contributed by atoms with van der Waals surface area (Å²) in [6, 6.07) is 6.08. The van der Waals surface area contributed by atoms with Crippen LogP contribution in [0.4, 0.5) is 4.39 Å². The number of rotatable bonds is 6. The first kappa shape index (κ1) is 13.6. The van der Waals surface area contributed by atoms with Gasteiger partial charge in [-0.05, 0) is 31.0 Å². The topological polar surface area (TPSA) is 41.1 Å². The van der Waals surface area contributed by atoms with Gasteiger partial charge in [-0.3, -0.25) is 4.79 Å². The van der Waals surface area contributed by atoms with Gasteiger partial charge in [-0.15, -0.1) is 0 Å². The van der Waals surface area contributed by atoms with Gasteiger partial charge >= 0.3 is 0 Å². The lowest BCUT2D eigenvalue weighted by molar-refractivity contribution is -0.122. The first-order valence-electron chi connectivity index (χ1n) is 5.89. The average molecular weight is 238 g/mol. The summed E-state index contributed by atoms with van der Waals surface area (Å²) in [5.41, 5.74) is 0.833. The fraction of sp³-hybridized carbons (Fsp3) is 0.462. The fourth-order valence-corrected chi connectivity index (χ4v) is 1.41. The highest BCUT2D eigenvalue weighted by atomic mass is 19.1. The highest BCUT2D eigenvalue weighted by Crippen LogP contribution is 2.03. The Labute approximate surface area is 101 Å². The quantitative estimate of drug-likeness (QED) is 0.794. The number of amides is 1. The van der Waals surface area contributed by atoms with Crippen molar-refractivity contribution in [3.8, 4) is 0 Å². The van der Waals surface area contributed by atoms with Crippen LogP contribution in [-0.4, -0.2) is 18.5 Å². The zero-order valence-electron chi connectivity index (χ0n) is 10.3. The summed E-state index contributed by atoms with van der Waals surface area (Å²) in [6.45, 7) is 4.97. The van der Waals surface area contributed by atoms with Gasteiger partial charge in [0.15, 0.2) is 0 Å². The molecule has 1 aromatic rings. The van der Waals surface area contributed by atoms with E-state index in [0.717, 1.165) is 12.0 Å². The fourth-order valence-electron chi connectivity index (χ4n) is 1.41. The van der Waals surface area contributed by atoms with Gasteiger partial charge in [0.25, 0.3) is 0 Å². The van der Waals surface area contributed by atoms with Crippen LogP contribution in [0.3, 0.4) is 0 Å². The zero-order valence-corrected chi connectivity index (χ0v) is 10.3. The van der Waals surface area contributed by atoms with E-state index < -0.39 is 0 Å². The van der Waals surface area contributed by atoms with Gasteiger partial charge < -0.3 is 10.6 Å². The van der Waals surface area contributed by atoms with Gasteiger partial charge in [-0.2, -0.15) is 0 Å². The predicted molar refractivity (Wildman–Crippen MR) is 66.0 cm³/mol. The maximum atomic E-state index is 12.9. The Bertz CT molecular complexity index is 368. The Morgan fingerprint density at radius 1 is 1.47 bits per heavy atom. The second-order valence-electron chi connectivity index (χ2n) is 4.02. The van der Waals surface area contributed by atoms with E-state index in [1.807, 2.05) is 13.0 Å². The number of benzene rings is 1. The summed E-state index contributed by atoms with van der Waals surface area (Å²) < 4.78 is 12.9. The maximum Gasteiger partial charge on any atom is 0.236 e. The van der Waals surface area contributed by atoms with Gasteiger partial charge in [0.1, 0.15) is 5.82 Å². The van der Waals surface area contributed by atoms with Crippen molar-refractivity contribution in [2.75, 3.05) is 6.54 Å². The first-order valence-corrected chi connectivity index (χ1v) is 5.89. The van der Waals surface area contributed by atoms with Crippen LogP contribution in [-0.2, 0) is 11.3 Å². The van der Waals surface area contributed by atoms with Crippen LogP contribution in [0.25, 0.3) is 0 Å². The van der Waals surface area contributed by atoms with Gasteiger partial charge in [-0.25, -0.2) is 4.39 Å². The SMILES string of the molecule is CCCNC(=O)C(C)NCc1cccc(F)c1. The molecule has 2 N–H and O–H groups in total. The number of hydrogen-bond acceptors (Lipinski definition) is 2. The van der Waals surface area contributed by atoms with Crippen LogP contribution in [0.1, 0.15) is 25.8 Å². The van der Waals surface area contributed by atoms with E-state index in [1.165, 1.54) is 12.1 Å². The normalized spacial score (nSPS) is 12.2. The van der Waals surface area contributed by atoms with Crippen molar-refractivity contribution in [2.24, 2.45) is 0 Å². The Morgan fingerprint density at radius 3 is 2.88 bits per heavy atom. The lowest BCUT2D eigenvalue weighted by Gasteiger charge is -2.13. The molecule has 4 heteroatoms. The van der Waals surface area contributed by atoms with Crippen LogP contribution in [0.2, 0.25) is 0 Å². The van der Waals surface area contributed by atoms with Crippen molar-refractivity contribution in [1.29, 1.82) is 0 Å². The summed E-state index contributed by atoms with van der Waals surface area (Å²) in [7, 11) is 0. The van der Waals surface area contributed by atoms with E-state index >= 15 is 0 Å². The Balaban J connectivity index is 2.37. The molecule has 1 atom stereocenters. The maximum absolute atomic E-state index is 12.9. The molecule has 17 heavy (non-hydrogen) atoms. The number of nitrogens with one attached hydrogen (secondary N) is 2. The molecule has 0 bridgehead atoms. The van der Waals surface area contributed by atoms with Gasteiger partial charge in [0.05, 0.1) is 6.04 Å². The molecule has 1 aromatic carbocycles. The molecule has 1 unspecified atom stereocenters.